The minimum absolute atomic E-state index is 0.146. The van der Waals surface area contributed by atoms with E-state index in [4.69, 9.17) is 18.0 Å². The van der Waals surface area contributed by atoms with E-state index in [-0.39, 0.29) is 6.10 Å². The van der Waals surface area contributed by atoms with Crippen LogP contribution in [0.25, 0.3) is 0 Å². The molecule has 0 spiro atoms. The molecule has 0 aliphatic heterocycles. The van der Waals surface area contributed by atoms with Gasteiger partial charge >= 0.3 is 0 Å². The second-order valence-corrected chi connectivity index (χ2v) is 4.85. The van der Waals surface area contributed by atoms with Crippen molar-refractivity contribution in [3.63, 3.8) is 0 Å². The molecule has 0 saturated heterocycles. The summed E-state index contributed by atoms with van der Waals surface area (Å²) in [4.78, 5) is 4.63. The quantitative estimate of drug-likeness (QED) is 0.709. The van der Waals surface area contributed by atoms with Crippen LogP contribution < -0.4 is 11.1 Å². The van der Waals surface area contributed by atoms with Crippen LogP contribution in [0.15, 0.2) is 18.3 Å². The van der Waals surface area contributed by atoms with Gasteiger partial charge in [-0.15, -0.1) is 0 Å². The third-order valence-electron chi connectivity index (χ3n) is 3.11. The first kappa shape index (κ1) is 12.3. The molecule has 0 bridgehead atoms. The average Bonchev–Trinajstić information content (AvgIpc) is 2.32. The minimum atomic E-state index is -0.146. The van der Waals surface area contributed by atoms with E-state index in [1.165, 1.54) is 0 Å². The van der Waals surface area contributed by atoms with E-state index >= 15 is 0 Å². The van der Waals surface area contributed by atoms with Gasteiger partial charge < -0.3 is 16.2 Å². The maximum Gasteiger partial charge on any atom is 0.136 e. The summed E-state index contributed by atoms with van der Waals surface area (Å²) in [5.41, 5.74) is 6.44. The highest BCUT2D eigenvalue weighted by atomic mass is 32.1. The van der Waals surface area contributed by atoms with Crippen LogP contribution in [0.2, 0.25) is 0 Å². The van der Waals surface area contributed by atoms with Crippen molar-refractivity contribution in [3.8, 4) is 0 Å². The molecule has 1 saturated carbocycles. The third kappa shape index (κ3) is 3.14. The summed E-state index contributed by atoms with van der Waals surface area (Å²) in [7, 11) is 0. The van der Waals surface area contributed by atoms with Gasteiger partial charge in [-0.25, -0.2) is 4.98 Å². The molecule has 0 unspecified atom stereocenters. The number of rotatable bonds is 3. The fourth-order valence-electron chi connectivity index (χ4n) is 2.13. The SMILES string of the molecule is NC(=S)c1cccnc1NC1CCC(O)CC1. The predicted molar refractivity (Wildman–Crippen MR) is 72.0 cm³/mol. The predicted octanol–water partition coefficient (Wildman–Crippen LogP) is 1.43. The normalized spacial score (nSPS) is 24.3. The molecule has 1 aromatic rings. The molecule has 1 fully saturated rings. The first-order chi connectivity index (χ1) is 8.16. The smallest absolute Gasteiger partial charge is 0.136 e. The summed E-state index contributed by atoms with van der Waals surface area (Å²) < 4.78 is 0. The number of thiocarbonyl (C=S) groups is 1. The highest BCUT2D eigenvalue weighted by molar-refractivity contribution is 7.80. The molecule has 1 heterocycles. The Morgan fingerprint density at radius 2 is 2.12 bits per heavy atom. The van der Waals surface area contributed by atoms with Crippen molar-refractivity contribution >= 4 is 23.0 Å². The molecular formula is C12H17N3OS. The van der Waals surface area contributed by atoms with Gasteiger partial charge in [0.15, 0.2) is 0 Å². The Morgan fingerprint density at radius 1 is 1.41 bits per heavy atom. The average molecular weight is 251 g/mol. The monoisotopic (exact) mass is 251 g/mol. The van der Waals surface area contributed by atoms with Crippen molar-refractivity contribution in [1.82, 2.24) is 4.98 Å². The number of hydrogen-bond donors (Lipinski definition) is 3. The van der Waals surface area contributed by atoms with E-state index in [0.29, 0.717) is 11.0 Å². The van der Waals surface area contributed by atoms with Crippen LogP contribution in [0.5, 0.6) is 0 Å². The van der Waals surface area contributed by atoms with Crippen LogP contribution in [0, 0.1) is 0 Å². The number of nitrogens with zero attached hydrogens (tertiary/aromatic N) is 1. The molecule has 0 amide bonds. The topological polar surface area (TPSA) is 71.2 Å². The van der Waals surface area contributed by atoms with Crippen molar-refractivity contribution in [3.05, 3.63) is 23.9 Å². The Balaban J connectivity index is 2.05. The van der Waals surface area contributed by atoms with Crippen molar-refractivity contribution in [2.24, 2.45) is 5.73 Å². The number of hydrogen-bond acceptors (Lipinski definition) is 4. The zero-order valence-corrected chi connectivity index (χ0v) is 10.4. The lowest BCUT2D eigenvalue weighted by Crippen LogP contribution is -2.29. The lowest BCUT2D eigenvalue weighted by Gasteiger charge is -2.27. The Kier molecular flexibility index (Phi) is 3.91. The molecular weight excluding hydrogens is 234 g/mol. The van der Waals surface area contributed by atoms with Crippen LogP contribution in [0.4, 0.5) is 5.82 Å². The number of nitrogens with two attached hydrogens (primary N) is 1. The van der Waals surface area contributed by atoms with Gasteiger partial charge in [0.1, 0.15) is 10.8 Å². The van der Waals surface area contributed by atoms with Crippen LogP contribution in [-0.4, -0.2) is 27.2 Å². The second kappa shape index (κ2) is 5.42. The fourth-order valence-corrected chi connectivity index (χ4v) is 2.30. The van der Waals surface area contributed by atoms with Gasteiger partial charge in [0.25, 0.3) is 0 Å². The van der Waals surface area contributed by atoms with Crippen molar-refractivity contribution < 1.29 is 5.11 Å². The van der Waals surface area contributed by atoms with E-state index < -0.39 is 0 Å². The molecule has 1 aliphatic rings. The Hall–Kier alpha value is -1.20. The summed E-state index contributed by atoms with van der Waals surface area (Å²) in [5.74, 6) is 0.751. The second-order valence-electron chi connectivity index (χ2n) is 4.41. The number of pyridine rings is 1. The van der Waals surface area contributed by atoms with Gasteiger partial charge in [-0.05, 0) is 37.8 Å². The molecule has 0 aromatic carbocycles. The zero-order chi connectivity index (χ0) is 12.3. The van der Waals surface area contributed by atoms with Crippen LogP contribution in [-0.2, 0) is 0 Å². The van der Waals surface area contributed by atoms with E-state index in [1.807, 2.05) is 12.1 Å². The number of anilines is 1. The van der Waals surface area contributed by atoms with E-state index in [2.05, 4.69) is 10.3 Å². The molecule has 4 N–H and O–H groups in total. The number of aliphatic hydroxyl groups excluding tert-OH is 1. The highest BCUT2D eigenvalue weighted by Gasteiger charge is 2.20. The van der Waals surface area contributed by atoms with Crippen LogP contribution >= 0.6 is 12.2 Å². The summed E-state index contributed by atoms with van der Waals surface area (Å²) >= 11 is 4.99. The number of aromatic nitrogens is 1. The van der Waals surface area contributed by atoms with Crippen LogP contribution in [0.3, 0.4) is 0 Å². The van der Waals surface area contributed by atoms with Crippen molar-refractivity contribution in [1.29, 1.82) is 0 Å². The lowest BCUT2D eigenvalue weighted by molar-refractivity contribution is 0.126. The van der Waals surface area contributed by atoms with Gasteiger partial charge in [-0.2, -0.15) is 0 Å². The largest absolute Gasteiger partial charge is 0.393 e. The number of nitrogens with one attached hydrogen (secondary N) is 1. The molecule has 0 radical (unpaired) electrons. The van der Waals surface area contributed by atoms with Gasteiger partial charge in [-0.3, -0.25) is 0 Å². The molecule has 17 heavy (non-hydrogen) atoms. The Bertz CT molecular complexity index is 402. The van der Waals surface area contributed by atoms with Gasteiger partial charge in [0.2, 0.25) is 0 Å². The molecule has 1 aromatic heterocycles. The standard InChI is InChI=1S/C12H17N3OS/c13-11(17)10-2-1-7-14-12(10)15-8-3-5-9(16)6-4-8/h1-2,7-9,16H,3-6H2,(H2,13,17)(H,14,15). The van der Waals surface area contributed by atoms with Crippen molar-refractivity contribution in [2.45, 2.75) is 37.8 Å². The lowest BCUT2D eigenvalue weighted by atomic mass is 9.93. The first-order valence-electron chi connectivity index (χ1n) is 5.86. The summed E-state index contributed by atoms with van der Waals surface area (Å²) in [6.45, 7) is 0. The van der Waals surface area contributed by atoms with Gasteiger partial charge in [0.05, 0.1) is 11.7 Å². The highest BCUT2D eigenvalue weighted by Crippen LogP contribution is 2.22. The minimum Gasteiger partial charge on any atom is -0.393 e. The molecule has 0 atom stereocenters. The van der Waals surface area contributed by atoms with E-state index in [9.17, 15) is 5.11 Å². The van der Waals surface area contributed by atoms with E-state index in [0.717, 1.165) is 37.1 Å². The summed E-state index contributed by atoms with van der Waals surface area (Å²) in [6, 6.07) is 4.04. The maximum absolute atomic E-state index is 9.45. The Morgan fingerprint density at radius 3 is 2.76 bits per heavy atom. The summed E-state index contributed by atoms with van der Waals surface area (Å²) in [6.07, 6.45) is 5.16. The molecule has 1 aliphatic carbocycles. The first-order valence-corrected chi connectivity index (χ1v) is 6.27. The van der Waals surface area contributed by atoms with Crippen molar-refractivity contribution in [2.75, 3.05) is 5.32 Å². The zero-order valence-electron chi connectivity index (χ0n) is 9.60. The molecule has 92 valence electrons. The van der Waals surface area contributed by atoms with Gasteiger partial charge in [-0.1, -0.05) is 12.2 Å². The third-order valence-corrected chi connectivity index (χ3v) is 3.33. The van der Waals surface area contributed by atoms with Gasteiger partial charge in [0, 0.05) is 12.2 Å². The summed E-state index contributed by atoms with van der Waals surface area (Å²) in [5, 5.41) is 12.8. The maximum atomic E-state index is 9.45. The Labute approximate surface area is 106 Å². The number of aliphatic hydroxyl groups is 1. The fraction of sp³-hybridized carbons (Fsp3) is 0.500. The molecule has 5 heteroatoms. The molecule has 2 rings (SSSR count). The molecule has 4 nitrogen and oxygen atoms in total. The van der Waals surface area contributed by atoms with E-state index in [1.54, 1.807) is 6.20 Å². The van der Waals surface area contributed by atoms with Crippen LogP contribution in [0.1, 0.15) is 31.2 Å².